The van der Waals surface area contributed by atoms with E-state index in [0.29, 0.717) is 6.04 Å². The maximum absolute atomic E-state index is 5.89. The average molecular weight is 234 g/mol. The number of nitrogens with zero attached hydrogens (tertiary/aromatic N) is 1. The summed E-state index contributed by atoms with van der Waals surface area (Å²) in [5.41, 5.74) is 0. The second kappa shape index (κ2) is 6.03. The maximum atomic E-state index is 5.89. The quantitative estimate of drug-likeness (QED) is 0.793. The molecule has 94 valence electrons. The van der Waals surface area contributed by atoms with Crippen molar-refractivity contribution < 1.29 is 4.42 Å². The first-order valence-corrected chi connectivity index (χ1v) is 6.49. The highest BCUT2D eigenvalue weighted by molar-refractivity contribution is 5.12. The summed E-state index contributed by atoms with van der Waals surface area (Å²) in [6, 6.07) is 4.57. The Morgan fingerprint density at radius 1 is 1.47 bits per heavy atom. The van der Waals surface area contributed by atoms with Crippen molar-refractivity contribution in [3.05, 3.63) is 36.3 Å². The third-order valence-corrected chi connectivity index (χ3v) is 3.34. The van der Waals surface area contributed by atoms with Gasteiger partial charge in [-0.25, -0.2) is 0 Å². The zero-order valence-corrected chi connectivity index (χ0v) is 10.6. The highest BCUT2D eigenvalue weighted by atomic mass is 16.3. The Morgan fingerprint density at radius 2 is 2.24 bits per heavy atom. The lowest BCUT2D eigenvalue weighted by molar-refractivity contribution is 0.154. The van der Waals surface area contributed by atoms with Gasteiger partial charge in [0.15, 0.2) is 0 Å². The molecule has 1 saturated heterocycles. The molecule has 0 radical (unpaired) electrons. The van der Waals surface area contributed by atoms with Crippen LogP contribution in [-0.2, 0) is 6.42 Å². The fourth-order valence-electron chi connectivity index (χ4n) is 2.36. The van der Waals surface area contributed by atoms with Gasteiger partial charge >= 0.3 is 0 Å². The smallest absolute Gasteiger partial charge is 0.121 e. The molecule has 1 N–H and O–H groups in total. The van der Waals surface area contributed by atoms with Crippen molar-refractivity contribution in [2.45, 2.75) is 25.8 Å². The minimum absolute atomic E-state index is 0.356. The molecule has 3 heteroatoms. The predicted octanol–water partition coefficient (Wildman–Crippen LogP) is 2.36. The fourth-order valence-corrected chi connectivity index (χ4v) is 2.36. The van der Waals surface area contributed by atoms with Crippen molar-refractivity contribution in [3.63, 3.8) is 0 Å². The molecule has 17 heavy (non-hydrogen) atoms. The lowest BCUT2D eigenvalue weighted by Gasteiger charge is -2.33. The molecular formula is C14H22N2O. The maximum Gasteiger partial charge on any atom is 0.121 e. The summed E-state index contributed by atoms with van der Waals surface area (Å²) < 4.78 is 5.89. The van der Waals surface area contributed by atoms with Crippen LogP contribution in [0.4, 0.5) is 0 Å². The van der Waals surface area contributed by atoms with Crippen LogP contribution in [0.25, 0.3) is 0 Å². The third kappa shape index (κ3) is 2.99. The van der Waals surface area contributed by atoms with Gasteiger partial charge in [-0.05, 0) is 18.6 Å². The van der Waals surface area contributed by atoms with Crippen molar-refractivity contribution >= 4 is 0 Å². The molecule has 0 bridgehead atoms. The van der Waals surface area contributed by atoms with Crippen molar-refractivity contribution in [3.8, 4) is 0 Å². The largest absolute Gasteiger partial charge is 0.464 e. The van der Waals surface area contributed by atoms with Crippen LogP contribution in [0.1, 0.15) is 30.9 Å². The van der Waals surface area contributed by atoms with E-state index < -0.39 is 0 Å². The summed E-state index contributed by atoms with van der Waals surface area (Å²) in [6.45, 7) is 10.3. The van der Waals surface area contributed by atoms with Gasteiger partial charge in [-0.2, -0.15) is 0 Å². The van der Waals surface area contributed by atoms with Crippen LogP contribution < -0.4 is 5.32 Å². The summed E-state index contributed by atoms with van der Waals surface area (Å²) in [6.07, 6.45) is 3.90. The van der Waals surface area contributed by atoms with E-state index in [1.807, 2.05) is 6.08 Å². The van der Waals surface area contributed by atoms with E-state index in [1.165, 1.54) is 0 Å². The van der Waals surface area contributed by atoms with E-state index >= 15 is 0 Å². The van der Waals surface area contributed by atoms with Crippen LogP contribution >= 0.6 is 0 Å². The summed E-state index contributed by atoms with van der Waals surface area (Å²) in [4.78, 5) is 2.48. The molecule has 1 aliphatic rings. The number of nitrogens with one attached hydrogen (secondary N) is 1. The Morgan fingerprint density at radius 3 is 2.82 bits per heavy atom. The number of furan rings is 1. The predicted molar refractivity (Wildman–Crippen MR) is 70.1 cm³/mol. The van der Waals surface area contributed by atoms with Gasteiger partial charge in [0.1, 0.15) is 11.5 Å². The molecule has 2 rings (SSSR count). The van der Waals surface area contributed by atoms with E-state index in [2.05, 4.69) is 35.9 Å². The zero-order chi connectivity index (χ0) is 12.1. The molecule has 0 unspecified atom stereocenters. The van der Waals surface area contributed by atoms with Gasteiger partial charge in [-0.15, -0.1) is 6.58 Å². The lowest BCUT2D eigenvalue weighted by Crippen LogP contribution is -2.45. The van der Waals surface area contributed by atoms with Crippen LogP contribution in [0.5, 0.6) is 0 Å². The number of piperazine rings is 1. The Balaban J connectivity index is 2.11. The van der Waals surface area contributed by atoms with Crippen molar-refractivity contribution in [1.82, 2.24) is 10.2 Å². The SMILES string of the molecule is C=CC[C@H](c1ccc(CC)o1)N1CCNCC1. The van der Waals surface area contributed by atoms with Gasteiger partial charge in [0.2, 0.25) is 0 Å². The summed E-state index contributed by atoms with van der Waals surface area (Å²) >= 11 is 0. The Kier molecular flexibility index (Phi) is 4.40. The van der Waals surface area contributed by atoms with E-state index in [4.69, 9.17) is 4.42 Å². The topological polar surface area (TPSA) is 28.4 Å². The van der Waals surface area contributed by atoms with Crippen LogP contribution in [0.15, 0.2) is 29.2 Å². The molecule has 0 spiro atoms. The minimum atomic E-state index is 0.356. The molecule has 1 aromatic heterocycles. The summed E-state index contributed by atoms with van der Waals surface area (Å²) in [7, 11) is 0. The monoisotopic (exact) mass is 234 g/mol. The van der Waals surface area contributed by atoms with E-state index in [1.54, 1.807) is 0 Å². The van der Waals surface area contributed by atoms with Crippen molar-refractivity contribution in [1.29, 1.82) is 0 Å². The summed E-state index contributed by atoms with van der Waals surface area (Å²) in [5.74, 6) is 2.16. The lowest BCUT2D eigenvalue weighted by atomic mass is 10.1. The van der Waals surface area contributed by atoms with Gasteiger partial charge in [0.25, 0.3) is 0 Å². The molecule has 1 aliphatic heterocycles. The Hall–Kier alpha value is -1.06. The highest BCUT2D eigenvalue weighted by Gasteiger charge is 2.23. The van der Waals surface area contributed by atoms with Crippen LogP contribution in [0.3, 0.4) is 0 Å². The zero-order valence-electron chi connectivity index (χ0n) is 10.6. The first-order chi connectivity index (χ1) is 8.35. The second-order valence-electron chi connectivity index (χ2n) is 4.48. The first-order valence-electron chi connectivity index (χ1n) is 6.49. The fraction of sp³-hybridized carbons (Fsp3) is 0.571. The normalized spacial score (nSPS) is 19.1. The van der Waals surface area contributed by atoms with Crippen molar-refractivity contribution in [2.75, 3.05) is 26.2 Å². The number of rotatable bonds is 5. The number of hydrogen-bond acceptors (Lipinski definition) is 3. The minimum Gasteiger partial charge on any atom is -0.464 e. The third-order valence-electron chi connectivity index (χ3n) is 3.34. The average Bonchev–Trinajstić information content (AvgIpc) is 2.85. The molecule has 1 atom stereocenters. The molecule has 0 amide bonds. The molecule has 0 saturated carbocycles. The summed E-state index contributed by atoms with van der Waals surface area (Å²) in [5, 5.41) is 3.38. The van der Waals surface area contributed by atoms with Crippen LogP contribution in [0, 0.1) is 0 Å². The van der Waals surface area contributed by atoms with E-state index in [-0.39, 0.29) is 0 Å². The molecule has 1 aromatic rings. The van der Waals surface area contributed by atoms with Gasteiger partial charge in [-0.1, -0.05) is 13.0 Å². The van der Waals surface area contributed by atoms with E-state index in [0.717, 1.165) is 50.5 Å². The van der Waals surface area contributed by atoms with Crippen molar-refractivity contribution in [2.24, 2.45) is 0 Å². The van der Waals surface area contributed by atoms with Gasteiger partial charge in [0.05, 0.1) is 6.04 Å². The van der Waals surface area contributed by atoms with Gasteiger partial charge in [0, 0.05) is 32.6 Å². The molecular weight excluding hydrogens is 212 g/mol. The van der Waals surface area contributed by atoms with Crippen LogP contribution in [0.2, 0.25) is 0 Å². The standard InChI is InChI=1S/C14H22N2O/c1-3-5-13(16-10-8-15-9-11-16)14-7-6-12(4-2)17-14/h3,6-7,13,15H,1,4-5,8-11H2,2H3/t13-/m1/s1. The van der Waals surface area contributed by atoms with Gasteiger partial charge < -0.3 is 9.73 Å². The second-order valence-corrected chi connectivity index (χ2v) is 4.48. The molecule has 2 heterocycles. The number of aryl methyl sites for hydroxylation is 1. The Bertz CT molecular complexity index is 353. The van der Waals surface area contributed by atoms with Gasteiger partial charge in [-0.3, -0.25) is 4.90 Å². The highest BCUT2D eigenvalue weighted by Crippen LogP contribution is 2.26. The molecule has 0 aliphatic carbocycles. The number of hydrogen-bond donors (Lipinski definition) is 1. The van der Waals surface area contributed by atoms with E-state index in [9.17, 15) is 0 Å². The van der Waals surface area contributed by atoms with Crippen LogP contribution in [-0.4, -0.2) is 31.1 Å². The molecule has 3 nitrogen and oxygen atoms in total. The molecule has 0 aromatic carbocycles. The molecule has 1 fully saturated rings. The Labute approximate surface area is 103 Å². The first kappa shape index (κ1) is 12.4.